The van der Waals surface area contributed by atoms with Crippen molar-refractivity contribution in [1.82, 2.24) is 0 Å². The molecule has 0 amide bonds. The van der Waals surface area contributed by atoms with Gasteiger partial charge < -0.3 is 9.84 Å². The molecule has 2 aliphatic rings. The fourth-order valence-corrected chi connectivity index (χ4v) is 2.55. The number of fused-ring (bicyclic) bond motifs is 3. The molecule has 1 N–H and O–H groups in total. The van der Waals surface area contributed by atoms with Crippen LogP contribution in [-0.4, -0.2) is 17.3 Å². The van der Waals surface area contributed by atoms with Crippen molar-refractivity contribution < 1.29 is 9.84 Å². The highest BCUT2D eigenvalue weighted by atomic mass is 16.5. The number of hydrogen-bond acceptors (Lipinski definition) is 2. The Kier molecular flexibility index (Phi) is 2.27. The first-order valence-electron chi connectivity index (χ1n) is 5.61. The van der Waals surface area contributed by atoms with Gasteiger partial charge in [0.15, 0.2) is 0 Å². The van der Waals surface area contributed by atoms with E-state index in [9.17, 15) is 5.11 Å². The summed E-state index contributed by atoms with van der Waals surface area (Å²) in [7, 11) is 0. The number of benzene rings is 1. The lowest BCUT2D eigenvalue weighted by atomic mass is 9.95. The molecular weight excluding hydrogens is 188 g/mol. The molecule has 1 aliphatic heterocycles. The molecule has 82 valence electrons. The third kappa shape index (κ3) is 1.14. The van der Waals surface area contributed by atoms with Gasteiger partial charge in [0, 0.05) is 12.0 Å². The summed E-state index contributed by atoms with van der Waals surface area (Å²) >= 11 is 0. The molecule has 0 radical (unpaired) electrons. The number of aliphatic hydroxyl groups excluding tert-OH is 1. The number of hydrogen-bond donors (Lipinski definition) is 1. The van der Waals surface area contributed by atoms with Crippen molar-refractivity contribution in [2.75, 3.05) is 6.61 Å². The zero-order valence-electron chi connectivity index (χ0n) is 9.58. The Morgan fingerprint density at radius 2 is 2.00 bits per heavy atom. The average Bonchev–Trinajstić information content (AvgIpc) is 2.81. The first kappa shape index (κ1) is 10.5. The van der Waals surface area contributed by atoms with E-state index in [1.807, 2.05) is 32.0 Å². The quantitative estimate of drug-likeness (QED) is 0.765. The molecule has 2 nitrogen and oxygen atoms in total. The van der Waals surface area contributed by atoms with E-state index >= 15 is 0 Å². The van der Waals surface area contributed by atoms with Crippen molar-refractivity contribution in [3.63, 3.8) is 0 Å². The van der Waals surface area contributed by atoms with Crippen LogP contribution in [0.5, 0.6) is 5.75 Å². The van der Waals surface area contributed by atoms with Gasteiger partial charge in [-0.15, -0.1) is 0 Å². The van der Waals surface area contributed by atoms with Crippen molar-refractivity contribution in [2.45, 2.75) is 38.2 Å². The molecule has 0 bridgehead atoms. The highest BCUT2D eigenvalue weighted by molar-refractivity contribution is 5.54. The molecule has 3 rings (SSSR count). The van der Waals surface area contributed by atoms with E-state index in [1.165, 1.54) is 5.56 Å². The Labute approximate surface area is 90.9 Å². The number of aliphatic hydroxyl groups is 1. The van der Waals surface area contributed by atoms with Crippen molar-refractivity contribution >= 4 is 0 Å². The Balaban J connectivity index is 0.000000404. The van der Waals surface area contributed by atoms with Crippen LogP contribution in [0.15, 0.2) is 24.3 Å². The van der Waals surface area contributed by atoms with Gasteiger partial charge in [0.2, 0.25) is 0 Å². The monoisotopic (exact) mass is 206 g/mol. The molecule has 0 aromatic heterocycles. The Morgan fingerprint density at radius 3 is 2.67 bits per heavy atom. The fourth-order valence-electron chi connectivity index (χ4n) is 2.55. The zero-order valence-corrected chi connectivity index (χ0v) is 9.58. The summed E-state index contributed by atoms with van der Waals surface area (Å²) in [5.41, 5.74) is 0.953. The molecule has 1 aromatic carbocycles. The summed E-state index contributed by atoms with van der Waals surface area (Å²) in [5, 5.41) is 9.40. The molecule has 2 unspecified atom stereocenters. The molecule has 15 heavy (non-hydrogen) atoms. The van der Waals surface area contributed by atoms with Crippen LogP contribution < -0.4 is 4.74 Å². The lowest BCUT2D eigenvalue weighted by Crippen LogP contribution is -2.22. The predicted molar refractivity (Wildman–Crippen MR) is 60.2 cm³/mol. The normalized spacial score (nSPS) is 34.4. The van der Waals surface area contributed by atoms with Crippen molar-refractivity contribution in [3.05, 3.63) is 29.8 Å². The third-order valence-corrected chi connectivity index (χ3v) is 3.53. The van der Waals surface area contributed by atoms with Crippen LogP contribution in [0.25, 0.3) is 0 Å². The minimum atomic E-state index is -0.133. The fraction of sp³-hybridized carbons (Fsp3) is 0.538. The van der Waals surface area contributed by atoms with Crippen LogP contribution in [0, 0.1) is 0 Å². The Morgan fingerprint density at radius 1 is 1.33 bits per heavy atom. The smallest absolute Gasteiger partial charge is 0.124 e. The number of para-hydroxylation sites is 1. The average molecular weight is 206 g/mol. The second-order valence-electron chi connectivity index (χ2n) is 4.25. The summed E-state index contributed by atoms with van der Waals surface area (Å²) < 4.78 is 5.80. The minimum absolute atomic E-state index is 0.0937. The topological polar surface area (TPSA) is 29.5 Å². The first-order valence-corrected chi connectivity index (χ1v) is 5.61. The van der Waals surface area contributed by atoms with Gasteiger partial charge in [0.05, 0.1) is 12.0 Å². The van der Waals surface area contributed by atoms with E-state index in [2.05, 4.69) is 13.0 Å². The molecule has 1 saturated carbocycles. The van der Waals surface area contributed by atoms with E-state index in [0.717, 1.165) is 12.2 Å². The van der Waals surface area contributed by atoms with Crippen LogP contribution in [0.3, 0.4) is 0 Å². The molecule has 2 heteroatoms. The van der Waals surface area contributed by atoms with Gasteiger partial charge in [-0.2, -0.15) is 0 Å². The van der Waals surface area contributed by atoms with E-state index in [-0.39, 0.29) is 17.6 Å². The lowest BCUT2D eigenvalue weighted by Gasteiger charge is -2.09. The lowest BCUT2D eigenvalue weighted by molar-refractivity contribution is 0.166. The van der Waals surface area contributed by atoms with Gasteiger partial charge in [-0.3, -0.25) is 0 Å². The van der Waals surface area contributed by atoms with Gasteiger partial charge >= 0.3 is 0 Å². The molecule has 1 aromatic rings. The first-order chi connectivity index (χ1) is 7.22. The van der Waals surface area contributed by atoms with Crippen molar-refractivity contribution in [1.29, 1.82) is 0 Å². The second-order valence-corrected chi connectivity index (χ2v) is 4.25. The maximum Gasteiger partial charge on any atom is 0.124 e. The van der Waals surface area contributed by atoms with Gasteiger partial charge in [0.25, 0.3) is 0 Å². The SMILES string of the molecule is CC.CC12CC1(CO)c1ccccc1O2. The van der Waals surface area contributed by atoms with Crippen LogP contribution in [0.1, 0.15) is 32.8 Å². The molecule has 2 atom stereocenters. The minimum Gasteiger partial charge on any atom is -0.486 e. The van der Waals surface area contributed by atoms with Crippen molar-refractivity contribution in [3.8, 4) is 5.75 Å². The van der Waals surface area contributed by atoms with E-state index < -0.39 is 0 Å². The molecule has 1 heterocycles. The van der Waals surface area contributed by atoms with Crippen LogP contribution in [0.4, 0.5) is 0 Å². The van der Waals surface area contributed by atoms with Crippen LogP contribution >= 0.6 is 0 Å². The van der Waals surface area contributed by atoms with Crippen LogP contribution in [0.2, 0.25) is 0 Å². The second kappa shape index (κ2) is 3.24. The molecular formula is C13H18O2. The summed E-state index contributed by atoms with van der Waals surface area (Å²) in [6, 6.07) is 8.01. The number of rotatable bonds is 1. The van der Waals surface area contributed by atoms with E-state index in [4.69, 9.17) is 4.74 Å². The largest absolute Gasteiger partial charge is 0.486 e. The predicted octanol–water partition coefficient (Wildman–Crippen LogP) is 2.50. The standard InChI is InChI=1S/C11H12O2.C2H6/c1-10-6-11(10,7-12)8-4-2-3-5-9(8)13-10;1-2/h2-5,12H,6-7H2,1H3;1-2H3. The van der Waals surface area contributed by atoms with Crippen molar-refractivity contribution in [2.24, 2.45) is 0 Å². The molecule has 1 aliphatic carbocycles. The summed E-state index contributed by atoms with van der Waals surface area (Å²) in [6.45, 7) is 6.27. The maximum atomic E-state index is 9.40. The Bertz CT molecular complexity index is 375. The summed E-state index contributed by atoms with van der Waals surface area (Å²) in [5.74, 6) is 0.949. The Hall–Kier alpha value is -1.02. The van der Waals surface area contributed by atoms with Gasteiger partial charge in [-0.25, -0.2) is 0 Å². The molecule has 0 saturated heterocycles. The van der Waals surface area contributed by atoms with Crippen LogP contribution in [-0.2, 0) is 5.41 Å². The summed E-state index contributed by atoms with van der Waals surface area (Å²) in [6.07, 6.45) is 0.952. The summed E-state index contributed by atoms with van der Waals surface area (Å²) in [4.78, 5) is 0. The van der Waals surface area contributed by atoms with Gasteiger partial charge in [0.1, 0.15) is 11.4 Å². The molecule has 1 fully saturated rings. The highest BCUT2D eigenvalue weighted by Gasteiger charge is 2.72. The molecule has 0 spiro atoms. The van der Waals surface area contributed by atoms with Gasteiger partial charge in [-0.05, 0) is 13.0 Å². The van der Waals surface area contributed by atoms with E-state index in [0.29, 0.717) is 0 Å². The highest BCUT2D eigenvalue weighted by Crippen LogP contribution is 2.66. The number of ether oxygens (including phenoxy) is 1. The zero-order chi connectivity index (χ0) is 11.1. The van der Waals surface area contributed by atoms with E-state index in [1.54, 1.807) is 0 Å². The van der Waals surface area contributed by atoms with Gasteiger partial charge in [-0.1, -0.05) is 32.0 Å². The maximum absolute atomic E-state index is 9.40. The third-order valence-electron chi connectivity index (χ3n) is 3.53.